The van der Waals surface area contributed by atoms with Gasteiger partial charge in [-0.15, -0.1) is 12.6 Å². The molecule has 0 aliphatic heterocycles. The molecule has 2 fully saturated rings. The zero-order valence-corrected chi connectivity index (χ0v) is 23.6. The van der Waals surface area contributed by atoms with Crippen LogP contribution in [-0.4, -0.2) is 28.3 Å². The third kappa shape index (κ3) is 3.98. The molecule has 5 unspecified atom stereocenters. The molecule has 7 heteroatoms. The molecule has 2 saturated carbocycles. The molecule has 6 rings (SSSR count). The molecule has 0 radical (unpaired) electrons. The number of carbonyl (C=O) groups is 1. The number of carbonyl (C=O) groups excluding carboxylic acids is 1. The normalized spacial score (nSPS) is 32.4. The summed E-state index contributed by atoms with van der Waals surface area (Å²) in [5.41, 5.74) is 2.01. The van der Waals surface area contributed by atoms with E-state index in [0.29, 0.717) is 25.7 Å². The van der Waals surface area contributed by atoms with Crippen LogP contribution in [0.15, 0.2) is 76.2 Å². The first kappa shape index (κ1) is 27.8. The SMILES string of the molecule is CC(F)(F)C(F)(F)C1(O)CCC2C3CCC4=CC(=O)CCC4=C3C(c3ccc(-c4ccc(S)cc4)cc3)CC21C. The second-order valence-electron chi connectivity index (χ2n) is 12.5. The minimum atomic E-state index is -4.57. The highest BCUT2D eigenvalue weighted by Gasteiger charge is 2.76. The minimum absolute atomic E-state index is 0.103. The number of benzene rings is 2. The van der Waals surface area contributed by atoms with Crippen molar-refractivity contribution in [2.45, 2.75) is 87.1 Å². The number of hydrogen-bond donors (Lipinski definition) is 2. The van der Waals surface area contributed by atoms with E-state index >= 15 is 8.78 Å². The van der Waals surface area contributed by atoms with Crippen molar-refractivity contribution in [2.75, 3.05) is 0 Å². The zero-order valence-electron chi connectivity index (χ0n) is 22.7. The van der Waals surface area contributed by atoms with Crippen LogP contribution in [0, 0.1) is 17.3 Å². The Balaban J connectivity index is 1.48. The lowest BCUT2D eigenvalue weighted by atomic mass is 9.50. The predicted octanol–water partition coefficient (Wildman–Crippen LogP) is 8.56. The number of rotatable bonds is 4. The summed E-state index contributed by atoms with van der Waals surface area (Å²) in [5.74, 6) is -9.60. The van der Waals surface area contributed by atoms with E-state index in [1.807, 2.05) is 48.5 Å². The van der Waals surface area contributed by atoms with Crippen molar-refractivity contribution < 1.29 is 27.5 Å². The number of halogens is 4. The molecule has 2 nitrogen and oxygen atoms in total. The molecule has 0 heterocycles. The number of alkyl halides is 4. The van der Waals surface area contributed by atoms with E-state index < -0.39 is 22.9 Å². The molecule has 0 spiro atoms. The second kappa shape index (κ2) is 9.32. The predicted molar refractivity (Wildman–Crippen MR) is 150 cm³/mol. The summed E-state index contributed by atoms with van der Waals surface area (Å²) < 4.78 is 59.8. The highest BCUT2D eigenvalue weighted by molar-refractivity contribution is 7.80. The van der Waals surface area contributed by atoms with Gasteiger partial charge in [0.05, 0.1) is 0 Å². The fourth-order valence-corrected chi connectivity index (χ4v) is 8.55. The fourth-order valence-electron chi connectivity index (χ4n) is 8.40. The summed E-state index contributed by atoms with van der Waals surface area (Å²) in [5, 5.41) is 11.6. The van der Waals surface area contributed by atoms with Gasteiger partial charge < -0.3 is 5.11 Å². The van der Waals surface area contributed by atoms with Crippen molar-refractivity contribution in [3.63, 3.8) is 0 Å². The molecule has 0 bridgehead atoms. The molecule has 2 aromatic carbocycles. The fraction of sp³-hybridized carbons (Fsp3) is 0.485. The van der Waals surface area contributed by atoms with E-state index in [-0.39, 0.29) is 49.7 Å². The molecular weight excluding hydrogens is 536 g/mol. The molecule has 4 aliphatic rings. The average Bonchev–Trinajstić information content (AvgIpc) is 3.19. The van der Waals surface area contributed by atoms with Crippen LogP contribution in [0.3, 0.4) is 0 Å². The van der Waals surface area contributed by atoms with Crippen LogP contribution in [0.1, 0.15) is 70.3 Å². The van der Waals surface area contributed by atoms with E-state index in [1.165, 1.54) is 0 Å². The zero-order chi connectivity index (χ0) is 28.7. The second-order valence-corrected chi connectivity index (χ2v) is 13.0. The highest BCUT2D eigenvalue weighted by atomic mass is 32.1. The Labute approximate surface area is 238 Å². The summed E-state index contributed by atoms with van der Waals surface area (Å²) in [6.07, 6.45) is 4.12. The standard InChI is InChI=1S/C33H34F4O2S/c1-30-18-27(21-5-3-19(4-6-21)20-7-11-24(40)12-8-20)29-25-14-10-23(38)17-22(25)9-13-26(29)28(30)15-16-32(30,39)33(36,37)31(2,34)35/h3-8,11-12,17,26-28,39-40H,9-10,13-16,18H2,1-2H3. The van der Waals surface area contributed by atoms with Crippen molar-refractivity contribution >= 4 is 18.4 Å². The molecule has 2 aromatic rings. The van der Waals surface area contributed by atoms with Crippen molar-refractivity contribution in [1.82, 2.24) is 0 Å². The van der Waals surface area contributed by atoms with Crippen molar-refractivity contribution in [2.24, 2.45) is 17.3 Å². The van der Waals surface area contributed by atoms with Crippen LogP contribution in [0.25, 0.3) is 11.1 Å². The van der Waals surface area contributed by atoms with Gasteiger partial charge in [0.25, 0.3) is 0 Å². The third-order valence-corrected chi connectivity index (χ3v) is 10.8. The molecule has 0 saturated heterocycles. The van der Waals surface area contributed by atoms with Gasteiger partial charge in [0, 0.05) is 29.6 Å². The van der Waals surface area contributed by atoms with E-state index in [2.05, 4.69) is 12.6 Å². The van der Waals surface area contributed by atoms with Crippen LogP contribution in [0.2, 0.25) is 0 Å². The van der Waals surface area contributed by atoms with Crippen molar-refractivity contribution in [3.8, 4) is 11.1 Å². The lowest BCUT2D eigenvalue weighted by molar-refractivity contribution is -0.315. The van der Waals surface area contributed by atoms with E-state index in [4.69, 9.17) is 0 Å². The van der Waals surface area contributed by atoms with Gasteiger partial charge in [-0.05, 0) is 96.4 Å². The summed E-state index contributed by atoms with van der Waals surface area (Å²) in [7, 11) is 0. The number of fused-ring (bicyclic) bond motifs is 4. The molecule has 1 N–H and O–H groups in total. The summed E-state index contributed by atoms with van der Waals surface area (Å²) in [6, 6.07) is 15.8. The van der Waals surface area contributed by atoms with Crippen molar-refractivity contribution in [1.29, 1.82) is 0 Å². The Kier molecular flexibility index (Phi) is 6.47. The highest BCUT2D eigenvalue weighted by Crippen LogP contribution is 2.70. The first-order valence-corrected chi connectivity index (χ1v) is 14.6. The number of aliphatic hydroxyl groups is 1. The smallest absolute Gasteiger partial charge is 0.338 e. The van der Waals surface area contributed by atoms with Gasteiger partial charge in [0.15, 0.2) is 5.78 Å². The van der Waals surface area contributed by atoms with E-state index in [0.717, 1.165) is 38.3 Å². The van der Waals surface area contributed by atoms with E-state index in [1.54, 1.807) is 13.0 Å². The number of thiol groups is 1. The van der Waals surface area contributed by atoms with Gasteiger partial charge in [-0.25, -0.2) is 8.78 Å². The third-order valence-electron chi connectivity index (χ3n) is 10.5. The lowest BCUT2D eigenvalue weighted by Crippen LogP contribution is -2.65. The monoisotopic (exact) mass is 570 g/mol. The van der Waals surface area contributed by atoms with Gasteiger partial charge in [0.1, 0.15) is 5.60 Å². The molecule has 40 heavy (non-hydrogen) atoms. The van der Waals surface area contributed by atoms with E-state index in [9.17, 15) is 18.7 Å². The summed E-state index contributed by atoms with van der Waals surface area (Å²) in [6.45, 7) is 1.83. The van der Waals surface area contributed by atoms with Crippen LogP contribution in [0.5, 0.6) is 0 Å². The van der Waals surface area contributed by atoms with Gasteiger partial charge in [-0.3, -0.25) is 4.79 Å². The first-order chi connectivity index (χ1) is 18.8. The molecule has 212 valence electrons. The molecular formula is C33H34F4O2S. The minimum Gasteiger partial charge on any atom is -0.383 e. The van der Waals surface area contributed by atoms with Crippen LogP contribution >= 0.6 is 12.6 Å². The maximum Gasteiger partial charge on any atom is 0.338 e. The molecule has 0 amide bonds. The van der Waals surface area contributed by atoms with Crippen LogP contribution in [0.4, 0.5) is 17.6 Å². The van der Waals surface area contributed by atoms with Gasteiger partial charge in [0.2, 0.25) is 0 Å². The topological polar surface area (TPSA) is 37.3 Å². The van der Waals surface area contributed by atoms with Gasteiger partial charge >= 0.3 is 11.8 Å². The van der Waals surface area contributed by atoms with Crippen LogP contribution < -0.4 is 0 Å². The Morgan fingerprint density at radius 2 is 1.55 bits per heavy atom. The number of allylic oxidation sites excluding steroid dienone is 4. The first-order valence-electron chi connectivity index (χ1n) is 14.1. The maximum absolute atomic E-state index is 15.5. The molecule has 4 aliphatic carbocycles. The lowest BCUT2D eigenvalue weighted by Gasteiger charge is -2.56. The quantitative estimate of drug-likeness (QED) is 0.285. The molecule has 0 aromatic heterocycles. The van der Waals surface area contributed by atoms with Gasteiger partial charge in [-0.2, -0.15) is 8.78 Å². The Morgan fingerprint density at radius 3 is 2.17 bits per heavy atom. The van der Waals surface area contributed by atoms with Crippen molar-refractivity contribution in [3.05, 3.63) is 76.9 Å². The maximum atomic E-state index is 15.5. The average molecular weight is 571 g/mol. The summed E-state index contributed by atoms with van der Waals surface area (Å²) in [4.78, 5) is 13.1. The largest absolute Gasteiger partial charge is 0.383 e. The Bertz CT molecular complexity index is 1410. The molecule has 5 atom stereocenters. The number of ketones is 1. The Hall–Kier alpha value is -2.38. The number of hydrogen-bond acceptors (Lipinski definition) is 3. The van der Waals surface area contributed by atoms with Crippen LogP contribution in [-0.2, 0) is 4.79 Å². The summed E-state index contributed by atoms with van der Waals surface area (Å²) >= 11 is 4.35. The van der Waals surface area contributed by atoms with Gasteiger partial charge in [-0.1, -0.05) is 48.9 Å². The Morgan fingerprint density at radius 1 is 0.925 bits per heavy atom.